The maximum atomic E-state index is 12.4. The fourth-order valence-corrected chi connectivity index (χ4v) is 4.23. The van der Waals surface area contributed by atoms with Crippen molar-refractivity contribution in [2.45, 2.75) is 22.4 Å². The summed E-state index contributed by atoms with van der Waals surface area (Å²) in [6.07, 6.45) is 0. The van der Waals surface area contributed by atoms with Gasteiger partial charge >= 0.3 is 152 Å². The molecule has 0 saturated heterocycles. The molecule has 0 radical (unpaired) electrons. The zero-order valence-corrected chi connectivity index (χ0v) is 16.0. The Kier molecular flexibility index (Phi) is 6.05. The summed E-state index contributed by atoms with van der Waals surface area (Å²) in [6, 6.07) is 14.4. The van der Waals surface area contributed by atoms with E-state index in [1.807, 2.05) is 38.1 Å². The van der Waals surface area contributed by atoms with Gasteiger partial charge in [-0.3, -0.25) is 0 Å². The Hall–Kier alpha value is -1.12. The number of rotatable bonds is 6. The number of benzene rings is 2. The van der Waals surface area contributed by atoms with Crippen molar-refractivity contribution in [3.63, 3.8) is 0 Å². The summed E-state index contributed by atoms with van der Waals surface area (Å²) in [7, 11) is 0. The van der Waals surface area contributed by atoms with Crippen molar-refractivity contribution >= 4 is 49.7 Å². The number of carbonyl (C=O) groups is 2. The topological polar surface area (TPSA) is 34.1 Å². The maximum absolute atomic E-state index is 12.4. The SMILES string of the molecule is Cc1ccc(C(=O)C[Se]C(Cl)(Cl)C(=O)c2ccc(C)cc2)cc1. The quantitative estimate of drug-likeness (QED) is 0.393. The molecule has 0 aromatic heterocycles. The van der Waals surface area contributed by atoms with E-state index in [4.69, 9.17) is 23.2 Å². The molecule has 23 heavy (non-hydrogen) atoms. The molecule has 0 fully saturated rings. The molecule has 2 aromatic carbocycles. The molecular formula is C18H16Cl2O2Se. The first-order valence-electron chi connectivity index (χ1n) is 7.03. The van der Waals surface area contributed by atoms with Gasteiger partial charge in [-0.05, 0) is 0 Å². The van der Waals surface area contributed by atoms with Crippen LogP contribution >= 0.6 is 23.2 Å². The summed E-state index contributed by atoms with van der Waals surface area (Å²) in [5.74, 6) is -0.398. The van der Waals surface area contributed by atoms with E-state index in [0.29, 0.717) is 11.1 Å². The van der Waals surface area contributed by atoms with Gasteiger partial charge in [-0.2, -0.15) is 0 Å². The second-order valence-electron chi connectivity index (χ2n) is 5.29. The molecule has 2 rings (SSSR count). The normalized spacial score (nSPS) is 11.3. The predicted octanol–water partition coefficient (Wildman–Crippen LogP) is 4.62. The van der Waals surface area contributed by atoms with Crippen LogP contribution in [0.1, 0.15) is 31.8 Å². The summed E-state index contributed by atoms with van der Waals surface area (Å²) in [5.41, 5.74) is 3.22. The van der Waals surface area contributed by atoms with Crippen LogP contribution in [0, 0.1) is 13.8 Å². The first-order chi connectivity index (χ1) is 10.8. The minimum atomic E-state index is -1.54. The third kappa shape index (κ3) is 4.92. The van der Waals surface area contributed by atoms with Gasteiger partial charge in [-0.25, -0.2) is 0 Å². The van der Waals surface area contributed by atoms with Crippen LogP contribution in [0.3, 0.4) is 0 Å². The van der Waals surface area contributed by atoms with E-state index in [1.54, 1.807) is 24.3 Å². The number of Topliss-reactive ketones (excluding diaryl/α,β-unsaturated/α-hetero) is 2. The Morgan fingerprint density at radius 1 is 0.870 bits per heavy atom. The van der Waals surface area contributed by atoms with E-state index >= 15 is 0 Å². The standard InChI is InChI=1S/C18H16Cl2O2Se/c1-12-3-7-14(8-4-12)16(21)11-23-18(19,20)17(22)15-9-5-13(2)6-10-15/h3-10H,11H2,1-2H3. The Balaban J connectivity index is 2.02. The van der Waals surface area contributed by atoms with Crippen LogP contribution in [0.15, 0.2) is 48.5 Å². The Morgan fingerprint density at radius 3 is 1.78 bits per heavy atom. The van der Waals surface area contributed by atoms with Gasteiger partial charge in [0.25, 0.3) is 0 Å². The van der Waals surface area contributed by atoms with Gasteiger partial charge < -0.3 is 0 Å². The van der Waals surface area contributed by atoms with Crippen LogP contribution in [-0.4, -0.2) is 29.8 Å². The minimum absolute atomic E-state index is 0.0487. The van der Waals surface area contributed by atoms with Gasteiger partial charge in [-0.1, -0.05) is 0 Å². The Bertz CT molecular complexity index is 707. The molecule has 0 unspecified atom stereocenters. The zero-order valence-electron chi connectivity index (χ0n) is 12.8. The molecule has 0 N–H and O–H groups in total. The molecule has 2 aromatic rings. The van der Waals surface area contributed by atoms with Gasteiger partial charge in [0.1, 0.15) is 0 Å². The van der Waals surface area contributed by atoms with E-state index in [0.717, 1.165) is 11.1 Å². The van der Waals surface area contributed by atoms with Gasteiger partial charge in [-0.15, -0.1) is 0 Å². The average Bonchev–Trinajstić information content (AvgIpc) is 2.53. The van der Waals surface area contributed by atoms with Crippen LogP contribution in [0.5, 0.6) is 0 Å². The molecule has 5 heteroatoms. The number of aryl methyl sites for hydroxylation is 2. The van der Waals surface area contributed by atoms with Gasteiger partial charge in [0.2, 0.25) is 0 Å². The van der Waals surface area contributed by atoms with Gasteiger partial charge in [0.15, 0.2) is 0 Å². The number of alkyl halides is 2. The number of ketones is 2. The Morgan fingerprint density at radius 2 is 1.30 bits per heavy atom. The third-order valence-corrected chi connectivity index (χ3v) is 6.82. The van der Waals surface area contributed by atoms with Crippen LogP contribution in [0.2, 0.25) is 5.32 Å². The molecule has 120 valence electrons. The first kappa shape index (κ1) is 18.2. The molecule has 0 atom stereocenters. The Labute approximate surface area is 152 Å². The molecule has 0 aliphatic rings. The van der Waals surface area contributed by atoms with Crippen molar-refractivity contribution in [3.05, 3.63) is 70.8 Å². The predicted molar refractivity (Wildman–Crippen MR) is 96.0 cm³/mol. The molecular weight excluding hydrogens is 398 g/mol. The van der Waals surface area contributed by atoms with E-state index in [1.165, 1.54) is 0 Å². The first-order valence-corrected chi connectivity index (χ1v) is 9.85. The van der Waals surface area contributed by atoms with Crippen molar-refractivity contribution in [1.29, 1.82) is 0 Å². The fourth-order valence-electron chi connectivity index (χ4n) is 1.92. The van der Waals surface area contributed by atoms with Crippen LogP contribution in [0.4, 0.5) is 0 Å². The van der Waals surface area contributed by atoms with Gasteiger partial charge in [0.05, 0.1) is 0 Å². The number of carbonyl (C=O) groups excluding carboxylic acids is 2. The van der Waals surface area contributed by atoms with Crippen molar-refractivity contribution in [1.82, 2.24) is 0 Å². The summed E-state index contributed by atoms with van der Waals surface area (Å²) >= 11 is 11.9. The third-order valence-electron chi connectivity index (χ3n) is 3.34. The average molecular weight is 414 g/mol. The molecule has 0 aliphatic heterocycles. The van der Waals surface area contributed by atoms with Crippen molar-refractivity contribution in [2.24, 2.45) is 0 Å². The second kappa shape index (κ2) is 7.63. The molecule has 0 spiro atoms. The summed E-state index contributed by atoms with van der Waals surface area (Å²) < 4.78 is -1.54. The summed E-state index contributed by atoms with van der Waals surface area (Å²) in [4.78, 5) is 24.6. The van der Waals surface area contributed by atoms with Gasteiger partial charge in [0, 0.05) is 0 Å². The number of hydrogen-bond donors (Lipinski definition) is 0. The van der Waals surface area contributed by atoms with Crippen molar-refractivity contribution in [2.75, 3.05) is 0 Å². The van der Waals surface area contributed by atoms with Crippen LogP contribution < -0.4 is 0 Å². The second-order valence-corrected chi connectivity index (χ2v) is 10.1. The number of hydrogen-bond acceptors (Lipinski definition) is 2. The molecule has 0 heterocycles. The molecule has 0 amide bonds. The number of halogens is 2. The summed E-state index contributed by atoms with van der Waals surface area (Å²) in [5, 5.41) is 0.181. The molecule has 0 aliphatic carbocycles. The van der Waals surface area contributed by atoms with Crippen molar-refractivity contribution in [3.8, 4) is 0 Å². The van der Waals surface area contributed by atoms with E-state index in [-0.39, 0.29) is 16.9 Å². The summed E-state index contributed by atoms with van der Waals surface area (Å²) in [6.45, 7) is 3.90. The van der Waals surface area contributed by atoms with Crippen LogP contribution in [-0.2, 0) is 0 Å². The monoisotopic (exact) mass is 414 g/mol. The van der Waals surface area contributed by atoms with E-state index < -0.39 is 18.2 Å². The van der Waals surface area contributed by atoms with Crippen LogP contribution in [0.25, 0.3) is 0 Å². The fraction of sp³-hybridized carbons (Fsp3) is 0.222. The molecule has 0 bridgehead atoms. The molecule has 2 nitrogen and oxygen atoms in total. The zero-order chi connectivity index (χ0) is 17.0. The van der Waals surface area contributed by atoms with Crippen molar-refractivity contribution < 1.29 is 9.59 Å². The van der Waals surface area contributed by atoms with E-state index in [9.17, 15) is 9.59 Å². The molecule has 0 saturated carbocycles. The van der Waals surface area contributed by atoms with E-state index in [2.05, 4.69) is 0 Å².